The van der Waals surface area contributed by atoms with Gasteiger partial charge in [0.05, 0.1) is 5.70 Å². The van der Waals surface area contributed by atoms with Crippen LogP contribution in [0.3, 0.4) is 0 Å². The van der Waals surface area contributed by atoms with Gasteiger partial charge in [-0.1, -0.05) is 6.92 Å². The maximum atomic E-state index is 10.5. The number of carbonyl (C=O) groups is 1. The molecule has 0 radical (unpaired) electrons. The molecule has 0 aromatic carbocycles. The monoisotopic (exact) mass is 226 g/mol. The van der Waals surface area contributed by atoms with E-state index in [1.54, 1.807) is 20.3 Å². The number of carbonyl (C=O) groups excluding carboxylic acids is 1. The summed E-state index contributed by atoms with van der Waals surface area (Å²) in [6, 6.07) is 0. The molecule has 92 valence electrons. The fourth-order valence-electron chi connectivity index (χ4n) is 1.19. The van der Waals surface area contributed by atoms with Crippen molar-refractivity contribution in [3.05, 3.63) is 11.9 Å². The van der Waals surface area contributed by atoms with Crippen LogP contribution in [0.1, 0.15) is 13.3 Å². The van der Waals surface area contributed by atoms with Gasteiger partial charge in [0.2, 0.25) is 0 Å². The highest BCUT2D eigenvalue weighted by Crippen LogP contribution is 2.02. The lowest BCUT2D eigenvalue weighted by Crippen LogP contribution is -2.34. The number of hydrogen-bond acceptors (Lipinski definition) is 4. The Bertz CT molecular complexity index is 263. The van der Waals surface area contributed by atoms with E-state index in [2.05, 4.69) is 10.6 Å². The topological polar surface area (TPSA) is 68.2 Å². The lowest BCUT2D eigenvalue weighted by atomic mass is 10.1. The maximum Gasteiger partial charge on any atom is 0.145 e. The first kappa shape index (κ1) is 14.5. The van der Waals surface area contributed by atoms with Crippen LogP contribution in [0.2, 0.25) is 0 Å². The van der Waals surface area contributed by atoms with Crippen molar-refractivity contribution in [2.24, 2.45) is 5.92 Å². The predicted molar refractivity (Wildman–Crippen MR) is 66.4 cm³/mol. The third-order valence-corrected chi connectivity index (χ3v) is 2.35. The number of aldehydes is 1. The number of likely N-dealkylation sites (N-methyl/N-ethyl adjacent to an activating group) is 2. The third kappa shape index (κ3) is 4.82. The molecule has 0 spiro atoms. The van der Waals surface area contributed by atoms with Crippen molar-refractivity contribution in [3.63, 3.8) is 0 Å². The summed E-state index contributed by atoms with van der Waals surface area (Å²) < 4.78 is 0. The second-order valence-corrected chi connectivity index (χ2v) is 3.77. The van der Waals surface area contributed by atoms with E-state index in [0.29, 0.717) is 12.4 Å². The van der Waals surface area contributed by atoms with Crippen molar-refractivity contribution < 1.29 is 4.79 Å². The van der Waals surface area contributed by atoms with Crippen LogP contribution >= 0.6 is 0 Å². The average molecular weight is 226 g/mol. The van der Waals surface area contributed by atoms with Crippen molar-refractivity contribution in [1.29, 1.82) is 5.41 Å². The second kappa shape index (κ2) is 7.73. The predicted octanol–water partition coefficient (Wildman–Crippen LogP) is 0.401. The van der Waals surface area contributed by atoms with Crippen LogP contribution in [0.25, 0.3) is 0 Å². The summed E-state index contributed by atoms with van der Waals surface area (Å²) in [6.45, 7) is 2.58. The Labute approximate surface area is 97.4 Å². The summed E-state index contributed by atoms with van der Waals surface area (Å²) in [5.74, 6) is 0.455. The zero-order chi connectivity index (χ0) is 12.6. The van der Waals surface area contributed by atoms with Crippen LogP contribution < -0.4 is 10.6 Å². The highest BCUT2D eigenvalue weighted by molar-refractivity contribution is 5.94. The van der Waals surface area contributed by atoms with Gasteiger partial charge in [-0.3, -0.25) is 5.41 Å². The molecule has 5 nitrogen and oxygen atoms in total. The molecule has 5 heteroatoms. The fourth-order valence-corrected chi connectivity index (χ4v) is 1.19. The lowest BCUT2D eigenvalue weighted by molar-refractivity contribution is -0.110. The van der Waals surface area contributed by atoms with E-state index in [-0.39, 0.29) is 5.92 Å². The minimum atomic E-state index is 0.0431. The van der Waals surface area contributed by atoms with Gasteiger partial charge in [-0.05, 0) is 6.42 Å². The summed E-state index contributed by atoms with van der Waals surface area (Å²) in [4.78, 5) is 12.3. The van der Waals surface area contributed by atoms with E-state index < -0.39 is 0 Å². The molecule has 0 aromatic rings. The molecule has 16 heavy (non-hydrogen) atoms. The van der Waals surface area contributed by atoms with Crippen LogP contribution in [0, 0.1) is 11.3 Å². The van der Waals surface area contributed by atoms with Gasteiger partial charge in [-0.25, -0.2) is 0 Å². The molecular formula is C11H22N4O. The molecular weight excluding hydrogens is 204 g/mol. The van der Waals surface area contributed by atoms with Crippen LogP contribution in [0.4, 0.5) is 0 Å². The summed E-state index contributed by atoms with van der Waals surface area (Å²) in [6.07, 6.45) is 3.45. The minimum absolute atomic E-state index is 0.0431. The molecule has 1 atom stereocenters. The molecule has 0 heterocycles. The number of rotatable bonds is 7. The minimum Gasteiger partial charge on any atom is -0.392 e. The van der Waals surface area contributed by atoms with Crippen LogP contribution in [-0.4, -0.2) is 44.7 Å². The molecule has 0 saturated heterocycles. The van der Waals surface area contributed by atoms with E-state index in [4.69, 9.17) is 5.41 Å². The highest BCUT2D eigenvalue weighted by atomic mass is 16.1. The Hall–Kier alpha value is -1.52. The van der Waals surface area contributed by atoms with Crippen LogP contribution in [-0.2, 0) is 4.79 Å². The van der Waals surface area contributed by atoms with Crippen molar-refractivity contribution in [1.82, 2.24) is 15.5 Å². The molecule has 0 amide bonds. The first-order valence-corrected chi connectivity index (χ1v) is 5.37. The second-order valence-electron chi connectivity index (χ2n) is 3.77. The maximum absolute atomic E-state index is 10.5. The van der Waals surface area contributed by atoms with Crippen molar-refractivity contribution in [3.8, 4) is 0 Å². The van der Waals surface area contributed by atoms with Gasteiger partial charge in [0.1, 0.15) is 12.1 Å². The molecule has 0 aliphatic rings. The van der Waals surface area contributed by atoms with E-state index in [0.717, 1.165) is 18.4 Å². The SMILES string of the molecule is CN/C=C(/NC)C(=N)N(C)CC[C@@H](C)C=O. The number of hydrogen-bond donors (Lipinski definition) is 3. The summed E-state index contributed by atoms with van der Waals surface area (Å²) >= 11 is 0. The molecule has 0 bridgehead atoms. The van der Waals surface area contributed by atoms with E-state index in [1.807, 2.05) is 18.9 Å². The quantitative estimate of drug-likeness (QED) is 0.334. The van der Waals surface area contributed by atoms with Crippen molar-refractivity contribution >= 4 is 12.1 Å². The molecule has 3 N–H and O–H groups in total. The first-order chi connectivity index (χ1) is 7.56. The Morgan fingerprint density at radius 3 is 2.56 bits per heavy atom. The van der Waals surface area contributed by atoms with Gasteiger partial charge >= 0.3 is 0 Å². The summed E-state index contributed by atoms with van der Waals surface area (Å²) in [5, 5.41) is 13.8. The first-order valence-electron chi connectivity index (χ1n) is 5.37. The van der Waals surface area contributed by atoms with Gasteiger partial charge in [-0.15, -0.1) is 0 Å². The zero-order valence-electron chi connectivity index (χ0n) is 10.5. The summed E-state index contributed by atoms with van der Waals surface area (Å²) in [7, 11) is 5.42. The van der Waals surface area contributed by atoms with Gasteiger partial charge in [0.25, 0.3) is 0 Å². The Kier molecular flexibility index (Phi) is 7.00. The Balaban J connectivity index is 4.26. The number of amidine groups is 1. The van der Waals surface area contributed by atoms with Gasteiger partial charge in [0, 0.05) is 39.8 Å². The standard InChI is InChI=1S/C11H22N4O/c1-9(8-16)5-6-15(4)11(12)10(14-3)7-13-2/h7-9,12-14H,5-6H2,1-4H3/b10-7+,12-11?/t9-/m1/s1. The number of nitrogens with zero attached hydrogens (tertiary/aromatic N) is 1. The van der Waals surface area contributed by atoms with E-state index in [9.17, 15) is 4.79 Å². The van der Waals surface area contributed by atoms with Gasteiger partial charge in [-0.2, -0.15) is 0 Å². The molecule has 0 fully saturated rings. The molecule has 0 unspecified atom stereocenters. The zero-order valence-corrected chi connectivity index (χ0v) is 10.5. The van der Waals surface area contributed by atoms with Crippen molar-refractivity contribution in [2.45, 2.75) is 13.3 Å². The molecule has 0 aliphatic carbocycles. The summed E-state index contributed by atoms with van der Waals surface area (Å²) in [5.41, 5.74) is 0.726. The van der Waals surface area contributed by atoms with Gasteiger partial charge < -0.3 is 20.3 Å². The number of nitrogens with one attached hydrogen (secondary N) is 3. The lowest BCUT2D eigenvalue weighted by Gasteiger charge is -2.22. The Morgan fingerprint density at radius 1 is 1.50 bits per heavy atom. The van der Waals surface area contributed by atoms with E-state index in [1.165, 1.54) is 0 Å². The normalized spacial score (nSPS) is 12.9. The molecule has 0 aliphatic heterocycles. The average Bonchev–Trinajstić information content (AvgIpc) is 2.31. The Morgan fingerprint density at radius 2 is 2.12 bits per heavy atom. The molecule has 0 saturated carbocycles. The molecule has 0 aromatic heterocycles. The van der Waals surface area contributed by atoms with Crippen LogP contribution in [0.5, 0.6) is 0 Å². The highest BCUT2D eigenvalue weighted by Gasteiger charge is 2.10. The largest absolute Gasteiger partial charge is 0.392 e. The fraction of sp³-hybridized carbons (Fsp3) is 0.636. The molecule has 0 rings (SSSR count). The van der Waals surface area contributed by atoms with Gasteiger partial charge in [0.15, 0.2) is 0 Å². The van der Waals surface area contributed by atoms with E-state index >= 15 is 0 Å². The third-order valence-electron chi connectivity index (χ3n) is 2.35. The van der Waals surface area contributed by atoms with Crippen molar-refractivity contribution in [2.75, 3.05) is 27.7 Å². The van der Waals surface area contributed by atoms with Crippen LogP contribution in [0.15, 0.2) is 11.9 Å². The smallest absolute Gasteiger partial charge is 0.145 e.